The quantitative estimate of drug-likeness (QED) is 0.795. The van der Waals surface area contributed by atoms with Crippen LogP contribution in [0.25, 0.3) is 0 Å². The summed E-state index contributed by atoms with van der Waals surface area (Å²) in [6.45, 7) is 3.41. The minimum Gasteiger partial charge on any atom is -0.466 e. The molecule has 3 heteroatoms. The SMILES string of the molecule is CCOC(=O)C1C[C@H]2CCC[C@@H](C1)N2Cc1ccccc1. The van der Waals surface area contributed by atoms with E-state index in [1.165, 1.54) is 24.8 Å². The van der Waals surface area contributed by atoms with Crippen molar-refractivity contribution in [2.75, 3.05) is 6.61 Å². The van der Waals surface area contributed by atoms with Gasteiger partial charge in [-0.25, -0.2) is 0 Å². The van der Waals surface area contributed by atoms with Crippen molar-refractivity contribution in [2.24, 2.45) is 5.92 Å². The zero-order valence-corrected chi connectivity index (χ0v) is 12.8. The highest BCUT2D eigenvalue weighted by atomic mass is 16.5. The van der Waals surface area contributed by atoms with E-state index < -0.39 is 0 Å². The van der Waals surface area contributed by atoms with Gasteiger partial charge in [-0.05, 0) is 38.2 Å². The Morgan fingerprint density at radius 2 is 1.86 bits per heavy atom. The van der Waals surface area contributed by atoms with Gasteiger partial charge in [0.2, 0.25) is 0 Å². The molecular formula is C18H25NO2. The summed E-state index contributed by atoms with van der Waals surface area (Å²) in [4.78, 5) is 14.7. The molecule has 114 valence electrons. The lowest BCUT2D eigenvalue weighted by atomic mass is 9.78. The minimum absolute atomic E-state index is 0.0220. The Hall–Kier alpha value is -1.35. The number of carbonyl (C=O) groups is 1. The number of rotatable bonds is 4. The van der Waals surface area contributed by atoms with Crippen LogP contribution in [0.5, 0.6) is 0 Å². The van der Waals surface area contributed by atoms with Crippen LogP contribution in [0.4, 0.5) is 0 Å². The molecule has 0 amide bonds. The van der Waals surface area contributed by atoms with Crippen molar-refractivity contribution in [1.29, 1.82) is 0 Å². The molecule has 1 unspecified atom stereocenters. The van der Waals surface area contributed by atoms with Crippen LogP contribution in [0.1, 0.15) is 44.6 Å². The summed E-state index contributed by atoms with van der Waals surface area (Å²) >= 11 is 0. The van der Waals surface area contributed by atoms with Crippen molar-refractivity contribution < 1.29 is 9.53 Å². The van der Waals surface area contributed by atoms with E-state index in [0.717, 1.165) is 19.4 Å². The summed E-state index contributed by atoms with van der Waals surface area (Å²) in [6.07, 6.45) is 5.69. The van der Waals surface area contributed by atoms with Gasteiger partial charge in [-0.15, -0.1) is 0 Å². The Morgan fingerprint density at radius 1 is 1.19 bits per heavy atom. The first-order valence-corrected chi connectivity index (χ1v) is 8.24. The zero-order valence-electron chi connectivity index (χ0n) is 12.8. The number of hydrogen-bond acceptors (Lipinski definition) is 3. The molecule has 0 spiro atoms. The van der Waals surface area contributed by atoms with Gasteiger partial charge in [-0.1, -0.05) is 36.8 Å². The molecule has 1 aromatic carbocycles. The average Bonchev–Trinajstić information content (AvgIpc) is 2.48. The largest absolute Gasteiger partial charge is 0.466 e. The summed E-state index contributed by atoms with van der Waals surface area (Å²) < 4.78 is 5.24. The summed E-state index contributed by atoms with van der Waals surface area (Å²) in [7, 11) is 0. The van der Waals surface area contributed by atoms with Gasteiger partial charge in [-0.3, -0.25) is 9.69 Å². The fourth-order valence-electron chi connectivity index (χ4n) is 3.98. The monoisotopic (exact) mass is 287 g/mol. The van der Waals surface area contributed by atoms with Crippen LogP contribution in [-0.4, -0.2) is 29.6 Å². The van der Waals surface area contributed by atoms with Crippen LogP contribution in [0.15, 0.2) is 30.3 Å². The standard InChI is InChI=1S/C18H25NO2/c1-2-21-18(20)15-11-16-9-6-10-17(12-15)19(16)13-14-7-4-3-5-8-14/h3-5,7-8,15-17H,2,6,9-13H2,1H3/t15?,16-,17+. The van der Waals surface area contributed by atoms with Crippen LogP contribution in [0.2, 0.25) is 0 Å². The maximum absolute atomic E-state index is 12.1. The van der Waals surface area contributed by atoms with E-state index in [9.17, 15) is 4.79 Å². The number of fused-ring (bicyclic) bond motifs is 2. The molecule has 2 fully saturated rings. The number of hydrogen-bond donors (Lipinski definition) is 0. The lowest BCUT2D eigenvalue weighted by Gasteiger charge is -2.48. The Kier molecular flexibility index (Phi) is 4.59. The molecule has 2 bridgehead atoms. The van der Waals surface area contributed by atoms with Crippen molar-refractivity contribution in [3.8, 4) is 0 Å². The van der Waals surface area contributed by atoms with Crippen molar-refractivity contribution >= 4 is 5.97 Å². The maximum atomic E-state index is 12.1. The molecule has 0 aromatic heterocycles. The molecule has 2 aliphatic heterocycles. The molecule has 0 aliphatic carbocycles. The number of nitrogens with zero attached hydrogens (tertiary/aromatic N) is 1. The van der Waals surface area contributed by atoms with Crippen molar-refractivity contribution in [3.05, 3.63) is 35.9 Å². The van der Waals surface area contributed by atoms with Crippen molar-refractivity contribution in [3.63, 3.8) is 0 Å². The Balaban J connectivity index is 1.69. The zero-order chi connectivity index (χ0) is 14.7. The Labute approximate surface area is 127 Å². The van der Waals surface area contributed by atoms with Gasteiger partial charge in [0, 0.05) is 18.6 Å². The smallest absolute Gasteiger partial charge is 0.309 e. The fourth-order valence-corrected chi connectivity index (χ4v) is 3.98. The highest BCUT2D eigenvalue weighted by molar-refractivity contribution is 5.72. The fraction of sp³-hybridized carbons (Fsp3) is 0.611. The van der Waals surface area contributed by atoms with Gasteiger partial charge in [0.1, 0.15) is 0 Å². The van der Waals surface area contributed by atoms with Gasteiger partial charge < -0.3 is 4.74 Å². The molecule has 0 radical (unpaired) electrons. The highest BCUT2D eigenvalue weighted by Gasteiger charge is 2.40. The van der Waals surface area contributed by atoms with Crippen molar-refractivity contribution in [2.45, 2.75) is 57.7 Å². The molecule has 2 aliphatic rings. The first-order valence-electron chi connectivity index (χ1n) is 8.24. The topological polar surface area (TPSA) is 29.5 Å². The second-order valence-electron chi connectivity index (χ2n) is 6.32. The average molecular weight is 287 g/mol. The third-order valence-electron chi connectivity index (χ3n) is 4.95. The van der Waals surface area contributed by atoms with Crippen molar-refractivity contribution in [1.82, 2.24) is 4.90 Å². The number of ether oxygens (including phenoxy) is 1. The van der Waals surface area contributed by atoms with E-state index in [1.54, 1.807) is 0 Å². The number of carbonyl (C=O) groups excluding carboxylic acids is 1. The van der Waals surface area contributed by atoms with Crippen LogP contribution in [0, 0.1) is 5.92 Å². The van der Waals surface area contributed by atoms with E-state index in [-0.39, 0.29) is 11.9 Å². The van der Waals surface area contributed by atoms with Gasteiger partial charge >= 0.3 is 5.97 Å². The first kappa shape index (κ1) is 14.6. The number of esters is 1. The number of piperidine rings is 2. The van der Waals surface area contributed by atoms with Crippen LogP contribution < -0.4 is 0 Å². The second-order valence-corrected chi connectivity index (χ2v) is 6.32. The summed E-state index contributed by atoms with van der Waals surface area (Å²) in [5.74, 6) is 0.140. The van der Waals surface area contributed by atoms with Crippen LogP contribution >= 0.6 is 0 Å². The summed E-state index contributed by atoms with van der Waals surface area (Å²) in [5.41, 5.74) is 1.38. The summed E-state index contributed by atoms with van der Waals surface area (Å²) in [5, 5.41) is 0. The Bertz CT molecular complexity index is 459. The van der Waals surface area contributed by atoms with E-state index in [4.69, 9.17) is 4.74 Å². The molecule has 21 heavy (non-hydrogen) atoms. The lowest BCUT2D eigenvalue weighted by molar-refractivity contribution is -0.152. The van der Waals surface area contributed by atoms with Gasteiger partial charge in [0.05, 0.1) is 12.5 Å². The van der Waals surface area contributed by atoms with Gasteiger partial charge in [0.25, 0.3) is 0 Å². The normalized spacial score (nSPS) is 29.1. The molecular weight excluding hydrogens is 262 g/mol. The van der Waals surface area contributed by atoms with Crippen LogP contribution in [-0.2, 0) is 16.1 Å². The minimum atomic E-state index is 0.0220. The summed E-state index contributed by atoms with van der Waals surface area (Å²) in [6, 6.07) is 11.8. The lowest BCUT2D eigenvalue weighted by Crippen LogP contribution is -2.52. The molecule has 0 saturated carbocycles. The molecule has 3 atom stereocenters. The molecule has 3 nitrogen and oxygen atoms in total. The molecule has 2 saturated heterocycles. The predicted octanol–water partition coefficient (Wildman–Crippen LogP) is 3.38. The van der Waals surface area contributed by atoms with E-state index in [2.05, 4.69) is 35.2 Å². The highest BCUT2D eigenvalue weighted by Crippen LogP contribution is 2.38. The second kappa shape index (κ2) is 6.61. The number of benzene rings is 1. The van der Waals surface area contributed by atoms with Gasteiger partial charge in [0.15, 0.2) is 0 Å². The van der Waals surface area contributed by atoms with E-state index in [0.29, 0.717) is 18.7 Å². The molecule has 2 heterocycles. The Morgan fingerprint density at radius 3 is 2.48 bits per heavy atom. The third kappa shape index (κ3) is 3.29. The first-order chi connectivity index (χ1) is 10.3. The van der Waals surface area contributed by atoms with Crippen LogP contribution in [0.3, 0.4) is 0 Å². The molecule has 3 rings (SSSR count). The molecule has 0 N–H and O–H groups in total. The maximum Gasteiger partial charge on any atom is 0.309 e. The van der Waals surface area contributed by atoms with Gasteiger partial charge in [-0.2, -0.15) is 0 Å². The van der Waals surface area contributed by atoms with E-state index in [1.807, 2.05) is 6.92 Å². The third-order valence-corrected chi connectivity index (χ3v) is 4.95. The van der Waals surface area contributed by atoms with E-state index >= 15 is 0 Å². The predicted molar refractivity (Wildman–Crippen MR) is 82.8 cm³/mol. The molecule has 1 aromatic rings.